The van der Waals surface area contributed by atoms with Crippen molar-refractivity contribution in [3.8, 4) is 11.3 Å². The summed E-state index contributed by atoms with van der Waals surface area (Å²) in [5.41, 5.74) is -0.857. The Kier molecular flexibility index (Phi) is 4.28. The molecule has 142 valence electrons. The van der Waals surface area contributed by atoms with Gasteiger partial charge in [0.05, 0.1) is 17.5 Å². The largest absolute Gasteiger partial charge is 0.417 e. The maximum Gasteiger partial charge on any atom is 0.417 e. The van der Waals surface area contributed by atoms with Gasteiger partial charge in [-0.05, 0) is 56.0 Å². The zero-order chi connectivity index (χ0) is 19.2. The molecule has 8 heteroatoms. The van der Waals surface area contributed by atoms with Crippen molar-refractivity contribution in [3.63, 3.8) is 0 Å². The summed E-state index contributed by atoms with van der Waals surface area (Å²) in [7, 11) is 0. The summed E-state index contributed by atoms with van der Waals surface area (Å²) in [6.07, 6.45) is 0.277. The number of hydrogen-bond acceptors (Lipinski definition) is 2. The van der Waals surface area contributed by atoms with Gasteiger partial charge in [0, 0.05) is 23.3 Å². The zero-order valence-electron chi connectivity index (χ0n) is 14.3. The molecule has 1 N–H and O–H groups in total. The van der Waals surface area contributed by atoms with Gasteiger partial charge in [0.2, 0.25) is 0 Å². The molecule has 1 aromatic heterocycles. The molecule has 0 aliphatic carbocycles. The van der Waals surface area contributed by atoms with Gasteiger partial charge < -0.3 is 10.2 Å². The Morgan fingerprint density at radius 3 is 2.48 bits per heavy atom. The number of nitrogens with one attached hydrogen (secondary N) is 1. The van der Waals surface area contributed by atoms with E-state index in [-0.39, 0.29) is 35.1 Å². The first kappa shape index (κ1) is 17.8. The highest BCUT2D eigenvalue weighted by Crippen LogP contribution is 2.40. The van der Waals surface area contributed by atoms with E-state index < -0.39 is 17.6 Å². The maximum atomic E-state index is 13.4. The van der Waals surface area contributed by atoms with E-state index in [1.54, 1.807) is 4.90 Å². The Hall–Kier alpha value is -2.64. The van der Waals surface area contributed by atoms with Gasteiger partial charge in [0.1, 0.15) is 5.82 Å². The van der Waals surface area contributed by atoms with Crippen LogP contribution in [0.5, 0.6) is 0 Å². The number of anilines is 1. The lowest BCUT2D eigenvalue weighted by Gasteiger charge is -2.52. The molecule has 4 rings (SSSR count). The Labute approximate surface area is 153 Å². The maximum absolute atomic E-state index is 13.4. The summed E-state index contributed by atoms with van der Waals surface area (Å²) in [6.45, 7) is 0. The second-order valence-corrected chi connectivity index (χ2v) is 6.93. The van der Waals surface area contributed by atoms with E-state index in [4.69, 9.17) is 0 Å². The predicted octanol–water partition coefficient (Wildman–Crippen LogP) is 5.07. The minimum absolute atomic E-state index is 0.0133. The van der Waals surface area contributed by atoms with Crippen molar-refractivity contribution in [2.45, 2.75) is 43.9 Å². The molecule has 2 unspecified atom stereocenters. The Bertz CT molecular complexity index is 852. The number of alkyl halides is 3. The van der Waals surface area contributed by atoms with Crippen molar-refractivity contribution >= 4 is 11.7 Å². The summed E-state index contributed by atoms with van der Waals surface area (Å²) in [5.74, 6) is -0.638. The van der Waals surface area contributed by atoms with Gasteiger partial charge in [0.25, 0.3) is 0 Å². The second-order valence-electron chi connectivity index (χ2n) is 6.93. The van der Waals surface area contributed by atoms with Crippen LogP contribution in [0, 0.1) is 5.82 Å². The van der Waals surface area contributed by atoms with Crippen LogP contribution in [0.15, 0.2) is 36.5 Å². The number of amides is 2. The van der Waals surface area contributed by atoms with Crippen molar-refractivity contribution in [1.29, 1.82) is 0 Å². The fraction of sp³-hybridized carbons (Fsp3) is 0.368. The summed E-state index contributed by atoms with van der Waals surface area (Å²) >= 11 is 0. The van der Waals surface area contributed by atoms with Gasteiger partial charge in [-0.3, -0.25) is 4.98 Å². The fourth-order valence-corrected chi connectivity index (χ4v) is 3.94. The number of carbonyl (C=O) groups is 1. The average Bonchev–Trinajstić information content (AvgIpc) is 2.62. The highest BCUT2D eigenvalue weighted by Gasteiger charge is 2.44. The molecule has 2 bridgehead atoms. The van der Waals surface area contributed by atoms with Crippen LogP contribution in [-0.4, -0.2) is 28.0 Å². The van der Waals surface area contributed by atoms with Crippen LogP contribution >= 0.6 is 0 Å². The van der Waals surface area contributed by atoms with Crippen molar-refractivity contribution in [2.24, 2.45) is 0 Å². The number of pyridine rings is 1. The number of aromatic nitrogens is 1. The Morgan fingerprint density at radius 2 is 1.89 bits per heavy atom. The van der Waals surface area contributed by atoms with Crippen LogP contribution in [0.2, 0.25) is 0 Å². The lowest BCUT2D eigenvalue weighted by atomic mass is 9.80. The second kappa shape index (κ2) is 6.51. The van der Waals surface area contributed by atoms with E-state index in [1.165, 1.54) is 18.2 Å². The summed E-state index contributed by atoms with van der Waals surface area (Å²) in [5, 5.41) is 2.69. The first-order chi connectivity index (χ1) is 12.8. The highest BCUT2D eigenvalue weighted by atomic mass is 19.4. The molecule has 4 nitrogen and oxygen atoms in total. The smallest absolute Gasteiger partial charge is 0.318 e. The van der Waals surface area contributed by atoms with Gasteiger partial charge in [0.15, 0.2) is 0 Å². The predicted molar refractivity (Wildman–Crippen MR) is 91.5 cm³/mol. The Balaban J connectivity index is 1.63. The number of carbonyl (C=O) groups excluding carboxylic acids is 1. The molecule has 27 heavy (non-hydrogen) atoms. The molecule has 2 saturated heterocycles. The number of hydrogen-bond donors (Lipinski definition) is 1. The standard InChI is InChI=1S/C19H17F4N3O/c20-11-4-7-17(24-10-11)15-8-12(5-6-16(15)19(21,22)23)25-18(27)26-13-2-1-3-14(26)9-13/h4-8,10,13-14H,1-3,9H2,(H,25,27). The molecule has 0 radical (unpaired) electrons. The number of urea groups is 1. The first-order valence-electron chi connectivity index (χ1n) is 8.75. The van der Waals surface area contributed by atoms with Gasteiger partial charge in [-0.25, -0.2) is 9.18 Å². The molecule has 2 aliphatic rings. The van der Waals surface area contributed by atoms with Crippen LogP contribution in [0.25, 0.3) is 11.3 Å². The molecule has 3 heterocycles. The molecule has 0 spiro atoms. The van der Waals surface area contributed by atoms with Crippen molar-refractivity contribution < 1.29 is 22.4 Å². The number of piperidine rings is 1. The molecule has 2 amide bonds. The molecule has 2 aromatic rings. The number of fused-ring (bicyclic) bond motifs is 2. The zero-order valence-corrected chi connectivity index (χ0v) is 14.3. The summed E-state index contributed by atoms with van der Waals surface area (Å²) < 4.78 is 53.2. The van der Waals surface area contributed by atoms with E-state index in [2.05, 4.69) is 10.3 Å². The van der Waals surface area contributed by atoms with E-state index in [9.17, 15) is 22.4 Å². The van der Waals surface area contributed by atoms with Crippen LogP contribution in [0.1, 0.15) is 31.2 Å². The third-order valence-electron chi connectivity index (χ3n) is 5.22. The lowest BCUT2D eigenvalue weighted by molar-refractivity contribution is -0.137. The van der Waals surface area contributed by atoms with Gasteiger partial charge in [-0.2, -0.15) is 13.2 Å². The Morgan fingerprint density at radius 1 is 1.15 bits per heavy atom. The number of halogens is 4. The molecule has 2 aliphatic heterocycles. The third kappa shape index (κ3) is 3.36. The quantitative estimate of drug-likeness (QED) is 0.741. The molecule has 2 fully saturated rings. The molecular formula is C19H17F4N3O. The monoisotopic (exact) mass is 379 g/mol. The van der Waals surface area contributed by atoms with Gasteiger partial charge >= 0.3 is 12.2 Å². The number of nitrogens with zero attached hydrogens (tertiary/aromatic N) is 2. The average molecular weight is 379 g/mol. The van der Waals surface area contributed by atoms with Crippen LogP contribution in [-0.2, 0) is 6.18 Å². The van der Waals surface area contributed by atoms with E-state index in [0.29, 0.717) is 0 Å². The minimum Gasteiger partial charge on any atom is -0.318 e. The first-order valence-corrected chi connectivity index (χ1v) is 8.75. The van der Waals surface area contributed by atoms with Crippen LogP contribution in [0.4, 0.5) is 28.0 Å². The minimum atomic E-state index is -4.59. The third-order valence-corrected chi connectivity index (χ3v) is 5.22. The fourth-order valence-electron chi connectivity index (χ4n) is 3.94. The number of rotatable bonds is 2. The van der Waals surface area contributed by atoms with Crippen molar-refractivity contribution in [1.82, 2.24) is 9.88 Å². The topological polar surface area (TPSA) is 45.2 Å². The summed E-state index contributed by atoms with van der Waals surface area (Å²) in [6, 6.07) is 5.74. The van der Waals surface area contributed by atoms with Crippen molar-refractivity contribution in [2.75, 3.05) is 5.32 Å². The molecule has 1 aromatic carbocycles. The highest BCUT2D eigenvalue weighted by molar-refractivity contribution is 5.91. The number of benzene rings is 1. The van der Waals surface area contributed by atoms with Crippen LogP contribution < -0.4 is 5.32 Å². The molecule has 2 atom stereocenters. The molecular weight excluding hydrogens is 362 g/mol. The van der Waals surface area contributed by atoms with E-state index in [0.717, 1.165) is 44.0 Å². The van der Waals surface area contributed by atoms with Gasteiger partial charge in [-0.1, -0.05) is 0 Å². The normalized spacial score (nSPS) is 21.6. The SMILES string of the molecule is O=C(Nc1ccc(C(F)(F)F)c(-c2ccc(F)cn2)c1)N1C2CCCC1C2. The van der Waals surface area contributed by atoms with Crippen LogP contribution in [0.3, 0.4) is 0 Å². The van der Waals surface area contributed by atoms with E-state index >= 15 is 0 Å². The van der Waals surface area contributed by atoms with Crippen molar-refractivity contribution in [3.05, 3.63) is 47.9 Å². The van der Waals surface area contributed by atoms with E-state index in [1.807, 2.05) is 0 Å². The van der Waals surface area contributed by atoms with Gasteiger partial charge in [-0.15, -0.1) is 0 Å². The lowest BCUT2D eigenvalue weighted by Crippen LogP contribution is -2.62. The molecule has 0 saturated carbocycles. The summed E-state index contributed by atoms with van der Waals surface area (Å²) in [4.78, 5) is 18.0.